The fourth-order valence-electron chi connectivity index (χ4n) is 5.33. The van der Waals surface area contributed by atoms with Crippen molar-refractivity contribution in [3.05, 3.63) is 89.5 Å². The van der Waals surface area contributed by atoms with Crippen molar-refractivity contribution in [3.63, 3.8) is 0 Å². The van der Waals surface area contributed by atoms with E-state index in [1.165, 1.54) is 0 Å². The summed E-state index contributed by atoms with van der Waals surface area (Å²) in [6.07, 6.45) is 5.65. The van der Waals surface area contributed by atoms with Gasteiger partial charge in [0, 0.05) is 11.8 Å². The maximum absolute atomic E-state index is 13.0. The van der Waals surface area contributed by atoms with Crippen LogP contribution in [0.25, 0.3) is 0 Å². The first-order valence-corrected chi connectivity index (χ1v) is 14.0. The number of alkyl carbamates (subject to hydrolysis) is 1. The summed E-state index contributed by atoms with van der Waals surface area (Å²) in [5, 5.41) is 14.4. The number of hydrogen-bond donors (Lipinski definition) is 3. The molecule has 1 aliphatic rings. The number of rotatable bonds is 11. The summed E-state index contributed by atoms with van der Waals surface area (Å²) >= 11 is 0. The number of aliphatic hydroxyl groups excluding tert-OH is 1. The molecule has 7 heteroatoms. The number of H-pyrrole nitrogens is 1. The van der Waals surface area contributed by atoms with Gasteiger partial charge < -0.3 is 20.1 Å². The van der Waals surface area contributed by atoms with Gasteiger partial charge in [-0.3, -0.25) is 4.79 Å². The maximum atomic E-state index is 13.0. The van der Waals surface area contributed by atoms with Crippen LogP contribution < -0.4 is 5.32 Å². The molecule has 1 saturated carbocycles. The number of hydrogen-bond acceptors (Lipinski definition) is 5. The number of amides is 1. The van der Waals surface area contributed by atoms with Crippen molar-refractivity contribution >= 4 is 11.9 Å². The second-order valence-electron chi connectivity index (χ2n) is 11.7. The van der Waals surface area contributed by atoms with E-state index in [0.717, 1.165) is 36.8 Å². The van der Waals surface area contributed by atoms with Crippen molar-refractivity contribution < 1.29 is 19.4 Å². The zero-order valence-electron chi connectivity index (χ0n) is 23.2. The van der Waals surface area contributed by atoms with Gasteiger partial charge >= 0.3 is 6.09 Å². The molecule has 7 nitrogen and oxygen atoms in total. The Bertz CT molecular complexity index is 1200. The van der Waals surface area contributed by atoms with E-state index in [9.17, 15) is 14.7 Å². The summed E-state index contributed by atoms with van der Waals surface area (Å²) in [6.45, 7) is 5.44. The highest BCUT2D eigenvalue weighted by Crippen LogP contribution is 2.30. The number of ketones is 1. The second-order valence-corrected chi connectivity index (χ2v) is 11.7. The molecule has 0 aliphatic heterocycles. The number of nitrogens with zero attached hydrogens (tertiary/aromatic N) is 1. The Hall–Kier alpha value is -3.45. The Kier molecular flexibility index (Phi) is 9.57. The third kappa shape index (κ3) is 8.52. The molecule has 0 saturated heterocycles. The Morgan fingerprint density at radius 3 is 2.18 bits per heavy atom. The number of imidazole rings is 1. The van der Waals surface area contributed by atoms with Gasteiger partial charge in [0.1, 0.15) is 17.1 Å². The average Bonchev–Trinajstić information content (AvgIpc) is 3.61. The van der Waals surface area contributed by atoms with Crippen LogP contribution in [0.4, 0.5) is 4.79 Å². The van der Waals surface area contributed by atoms with Gasteiger partial charge in [0.15, 0.2) is 5.78 Å². The average molecular weight is 532 g/mol. The van der Waals surface area contributed by atoms with Gasteiger partial charge in [-0.1, -0.05) is 73.5 Å². The molecule has 0 bridgehead atoms. The molecule has 1 fully saturated rings. The molecule has 3 N–H and O–H groups in total. The summed E-state index contributed by atoms with van der Waals surface area (Å²) in [7, 11) is 0. The van der Waals surface area contributed by atoms with E-state index in [1.807, 2.05) is 81.4 Å². The molecular formula is C32H41N3O4. The predicted octanol–water partition coefficient (Wildman–Crippen LogP) is 6.00. The lowest BCUT2D eigenvalue weighted by Crippen LogP contribution is -2.47. The Balaban J connectivity index is 1.56. The highest BCUT2D eigenvalue weighted by atomic mass is 16.6. The first kappa shape index (κ1) is 28.6. The van der Waals surface area contributed by atoms with E-state index in [2.05, 4.69) is 15.3 Å². The summed E-state index contributed by atoms with van der Waals surface area (Å²) in [4.78, 5) is 33.6. The van der Waals surface area contributed by atoms with E-state index < -0.39 is 23.8 Å². The first-order valence-electron chi connectivity index (χ1n) is 14.0. The van der Waals surface area contributed by atoms with E-state index >= 15 is 0 Å². The van der Waals surface area contributed by atoms with Crippen molar-refractivity contribution in [2.75, 3.05) is 0 Å². The van der Waals surface area contributed by atoms with Crippen LogP contribution in [-0.2, 0) is 17.6 Å². The molecule has 4 rings (SSSR count). The molecule has 0 unspecified atom stereocenters. The number of aromatic amines is 1. The molecule has 39 heavy (non-hydrogen) atoms. The van der Waals surface area contributed by atoms with Crippen molar-refractivity contribution in [2.24, 2.45) is 5.92 Å². The molecule has 1 heterocycles. The van der Waals surface area contributed by atoms with Crippen LogP contribution >= 0.6 is 0 Å². The molecule has 0 spiro atoms. The molecule has 3 aromatic rings. The molecule has 0 radical (unpaired) electrons. The van der Waals surface area contributed by atoms with E-state index in [-0.39, 0.29) is 17.6 Å². The van der Waals surface area contributed by atoms with Gasteiger partial charge in [0.05, 0.1) is 18.3 Å². The Morgan fingerprint density at radius 1 is 1.00 bits per heavy atom. The lowest BCUT2D eigenvalue weighted by molar-refractivity contribution is 0.0404. The predicted molar refractivity (Wildman–Crippen MR) is 152 cm³/mol. The topological polar surface area (TPSA) is 104 Å². The third-order valence-corrected chi connectivity index (χ3v) is 7.29. The SMILES string of the molecule is CC(C)(C)OC(=O)N[C@@H](Cc1ccccc1)[C@@H](O)C[C@@H](Cc1ccccc1)c1ncc(C(=O)C2CCCC2)[nH]1. The number of Topliss-reactive ketones (excluding diaryl/α,β-unsaturated/α-hetero) is 1. The number of ether oxygens (including phenoxy) is 1. The van der Waals surface area contributed by atoms with Gasteiger partial charge in [0.2, 0.25) is 0 Å². The van der Waals surface area contributed by atoms with Crippen LogP contribution in [0.1, 0.15) is 86.2 Å². The van der Waals surface area contributed by atoms with Gasteiger partial charge in [0.25, 0.3) is 0 Å². The minimum Gasteiger partial charge on any atom is -0.444 e. The molecular weight excluding hydrogens is 490 g/mol. The molecule has 208 valence electrons. The zero-order valence-corrected chi connectivity index (χ0v) is 23.2. The number of aromatic nitrogens is 2. The Morgan fingerprint density at radius 2 is 1.59 bits per heavy atom. The van der Waals surface area contributed by atoms with E-state index in [1.54, 1.807) is 6.20 Å². The largest absolute Gasteiger partial charge is 0.444 e. The van der Waals surface area contributed by atoms with Gasteiger partial charge in [-0.2, -0.15) is 0 Å². The van der Waals surface area contributed by atoms with Crippen molar-refractivity contribution in [1.82, 2.24) is 15.3 Å². The minimum absolute atomic E-state index is 0.0599. The van der Waals surface area contributed by atoms with Gasteiger partial charge in [-0.15, -0.1) is 0 Å². The zero-order chi connectivity index (χ0) is 27.8. The molecule has 1 aliphatic carbocycles. The number of carbonyl (C=O) groups excluding carboxylic acids is 2. The highest BCUT2D eigenvalue weighted by molar-refractivity contribution is 5.96. The van der Waals surface area contributed by atoms with E-state index in [4.69, 9.17) is 4.74 Å². The Labute approximate surface area is 231 Å². The van der Waals surface area contributed by atoms with Crippen LogP contribution in [0, 0.1) is 5.92 Å². The lowest BCUT2D eigenvalue weighted by Gasteiger charge is -2.29. The van der Waals surface area contributed by atoms with Gasteiger partial charge in [-0.05, 0) is 64.0 Å². The molecule has 1 aromatic heterocycles. The second kappa shape index (κ2) is 13.1. The third-order valence-electron chi connectivity index (χ3n) is 7.29. The van der Waals surface area contributed by atoms with Crippen molar-refractivity contribution in [3.8, 4) is 0 Å². The quantitative estimate of drug-likeness (QED) is 0.264. The minimum atomic E-state index is -0.884. The van der Waals surface area contributed by atoms with Crippen LogP contribution in [0.3, 0.4) is 0 Å². The van der Waals surface area contributed by atoms with Crippen LogP contribution in [-0.4, -0.2) is 44.7 Å². The van der Waals surface area contributed by atoms with Crippen molar-refractivity contribution in [1.29, 1.82) is 0 Å². The summed E-state index contributed by atoms with van der Waals surface area (Å²) in [5.74, 6) is 0.671. The summed E-state index contributed by atoms with van der Waals surface area (Å²) in [6, 6.07) is 19.2. The molecule has 1 amide bonds. The molecule has 2 aromatic carbocycles. The normalized spacial score (nSPS) is 16.4. The summed E-state index contributed by atoms with van der Waals surface area (Å²) < 4.78 is 5.50. The van der Waals surface area contributed by atoms with Crippen LogP contribution in [0.2, 0.25) is 0 Å². The number of nitrogens with one attached hydrogen (secondary N) is 2. The number of carbonyl (C=O) groups is 2. The number of benzene rings is 2. The monoisotopic (exact) mass is 531 g/mol. The van der Waals surface area contributed by atoms with Crippen LogP contribution in [0.5, 0.6) is 0 Å². The first-order chi connectivity index (χ1) is 18.7. The fraction of sp³-hybridized carbons (Fsp3) is 0.469. The maximum Gasteiger partial charge on any atom is 0.407 e. The molecule has 3 atom stereocenters. The summed E-state index contributed by atoms with van der Waals surface area (Å²) in [5.41, 5.74) is 1.99. The fourth-order valence-corrected chi connectivity index (χ4v) is 5.33. The standard InChI is InChI=1S/C32H41N3O4/c1-32(2,3)39-31(38)35-26(19-23-14-8-5-9-15-23)28(36)20-25(18-22-12-6-4-7-13-22)30-33-21-27(34-30)29(37)24-16-10-11-17-24/h4-9,12-15,21,24-26,28,36H,10-11,16-20H2,1-3H3,(H,33,34)(H,35,38)/t25-,26+,28+/m1/s1. The van der Waals surface area contributed by atoms with E-state index in [0.29, 0.717) is 30.8 Å². The van der Waals surface area contributed by atoms with Crippen molar-refractivity contribution in [2.45, 2.75) is 89.4 Å². The van der Waals surface area contributed by atoms with Crippen LogP contribution in [0.15, 0.2) is 66.9 Å². The lowest BCUT2D eigenvalue weighted by atomic mass is 9.89. The van der Waals surface area contributed by atoms with Gasteiger partial charge in [-0.25, -0.2) is 9.78 Å². The number of aliphatic hydroxyl groups is 1. The smallest absolute Gasteiger partial charge is 0.407 e. The highest BCUT2D eigenvalue weighted by Gasteiger charge is 2.30.